The summed E-state index contributed by atoms with van der Waals surface area (Å²) in [5.41, 5.74) is 1.78. The molecule has 160 valence electrons. The van der Waals surface area contributed by atoms with Gasteiger partial charge in [-0.15, -0.1) is 6.58 Å². The van der Waals surface area contributed by atoms with Crippen LogP contribution in [-0.4, -0.2) is 21.4 Å². The zero-order chi connectivity index (χ0) is 22.2. The largest absolute Gasteiger partial charge is 0.496 e. The van der Waals surface area contributed by atoms with E-state index in [1.165, 1.54) is 25.5 Å². The number of allylic oxidation sites excluding steroid dienone is 1. The monoisotopic (exact) mass is 437 g/mol. The van der Waals surface area contributed by atoms with E-state index < -0.39 is 21.8 Å². The molecule has 7 heteroatoms. The number of hydrogen-bond donors (Lipinski definition) is 0. The summed E-state index contributed by atoms with van der Waals surface area (Å²) in [5.74, 6) is -0.281. The van der Waals surface area contributed by atoms with Crippen LogP contribution in [0.2, 0.25) is 0 Å². The maximum Gasteiger partial charge on any atom is 0.270 e. The van der Waals surface area contributed by atoms with Gasteiger partial charge in [0.1, 0.15) is 11.5 Å². The van der Waals surface area contributed by atoms with E-state index in [0.29, 0.717) is 17.1 Å². The number of benzene rings is 2. The van der Waals surface area contributed by atoms with Gasteiger partial charge in [-0.1, -0.05) is 29.8 Å². The van der Waals surface area contributed by atoms with E-state index in [1.54, 1.807) is 48.5 Å². The van der Waals surface area contributed by atoms with E-state index in [9.17, 15) is 13.2 Å². The van der Waals surface area contributed by atoms with Crippen LogP contribution in [0.3, 0.4) is 0 Å². The fourth-order valence-electron chi connectivity index (χ4n) is 4.10. The smallest absolute Gasteiger partial charge is 0.270 e. The van der Waals surface area contributed by atoms with Crippen molar-refractivity contribution in [3.05, 3.63) is 90.4 Å². The molecule has 2 aromatic carbocycles. The molecule has 4 rings (SSSR count). The Morgan fingerprint density at radius 3 is 2.48 bits per heavy atom. The lowest BCUT2D eigenvalue weighted by Crippen LogP contribution is -2.37. The summed E-state index contributed by atoms with van der Waals surface area (Å²) in [6, 6.07) is 15.0. The second kappa shape index (κ2) is 8.07. The summed E-state index contributed by atoms with van der Waals surface area (Å²) in [5, 5.41) is 0. The molecule has 0 N–H and O–H groups in total. The molecule has 1 aliphatic rings. The normalized spacial score (nSPS) is 18.9. The van der Waals surface area contributed by atoms with E-state index in [2.05, 4.69) is 6.58 Å². The summed E-state index contributed by atoms with van der Waals surface area (Å²) in [4.78, 5) is 13.5. The first-order chi connectivity index (χ1) is 14.9. The van der Waals surface area contributed by atoms with Gasteiger partial charge in [-0.3, -0.25) is 4.79 Å². The second-order valence-electron chi connectivity index (χ2n) is 7.46. The highest BCUT2D eigenvalue weighted by Crippen LogP contribution is 2.49. The molecule has 1 amide bonds. The van der Waals surface area contributed by atoms with E-state index >= 15 is 0 Å². The highest BCUT2D eigenvalue weighted by atomic mass is 32.2. The SMILES string of the molecule is C=CC1c2c(OC)cccc2N(S(=O)(=O)c2ccc(C)cc2)C(=O)C[C@@H]1c1ccco1. The van der Waals surface area contributed by atoms with Gasteiger partial charge in [0.25, 0.3) is 10.0 Å². The highest BCUT2D eigenvalue weighted by molar-refractivity contribution is 7.93. The van der Waals surface area contributed by atoms with Crippen LogP contribution in [0.15, 0.2) is 82.8 Å². The molecule has 0 saturated heterocycles. The van der Waals surface area contributed by atoms with Crippen LogP contribution < -0.4 is 9.04 Å². The summed E-state index contributed by atoms with van der Waals surface area (Å²) in [7, 11) is -2.63. The van der Waals surface area contributed by atoms with Crippen molar-refractivity contribution in [2.24, 2.45) is 0 Å². The van der Waals surface area contributed by atoms with Crippen molar-refractivity contribution in [1.29, 1.82) is 0 Å². The molecule has 6 nitrogen and oxygen atoms in total. The van der Waals surface area contributed by atoms with Crippen LogP contribution in [0.1, 0.15) is 35.1 Å². The van der Waals surface area contributed by atoms with Crippen LogP contribution in [0, 0.1) is 6.92 Å². The van der Waals surface area contributed by atoms with Crippen LogP contribution >= 0.6 is 0 Å². The van der Waals surface area contributed by atoms with Gasteiger partial charge in [0.2, 0.25) is 5.91 Å². The number of aryl methyl sites for hydroxylation is 1. The first-order valence-corrected chi connectivity index (χ1v) is 11.3. The first-order valence-electron chi connectivity index (χ1n) is 9.86. The molecule has 0 saturated carbocycles. The third-order valence-electron chi connectivity index (χ3n) is 5.59. The highest BCUT2D eigenvalue weighted by Gasteiger charge is 2.42. The molecule has 0 fully saturated rings. The average molecular weight is 438 g/mol. The number of methoxy groups -OCH3 is 1. The predicted octanol–water partition coefficient (Wildman–Crippen LogP) is 4.78. The molecule has 1 aromatic heterocycles. The van der Waals surface area contributed by atoms with Crippen molar-refractivity contribution in [2.75, 3.05) is 11.4 Å². The van der Waals surface area contributed by atoms with Crippen molar-refractivity contribution in [3.63, 3.8) is 0 Å². The fraction of sp³-hybridized carbons (Fsp3) is 0.208. The van der Waals surface area contributed by atoms with E-state index in [-0.39, 0.29) is 22.9 Å². The van der Waals surface area contributed by atoms with E-state index in [4.69, 9.17) is 9.15 Å². The first kappa shape index (κ1) is 20.9. The number of anilines is 1. The number of carbonyl (C=O) groups is 1. The van der Waals surface area contributed by atoms with Gasteiger partial charge in [0, 0.05) is 23.8 Å². The number of nitrogens with zero attached hydrogens (tertiary/aromatic N) is 1. The third kappa shape index (κ3) is 3.55. The zero-order valence-electron chi connectivity index (χ0n) is 17.3. The minimum Gasteiger partial charge on any atom is -0.496 e. The Hall–Kier alpha value is -3.32. The number of amides is 1. The maximum atomic E-state index is 13.6. The molecular weight excluding hydrogens is 414 g/mol. The Labute approximate surface area is 181 Å². The van der Waals surface area contributed by atoms with E-state index in [0.717, 1.165) is 9.87 Å². The lowest BCUT2D eigenvalue weighted by molar-refractivity contribution is -0.117. The molecular formula is C24H23NO5S. The van der Waals surface area contributed by atoms with Crippen molar-refractivity contribution < 1.29 is 22.4 Å². The van der Waals surface area contributed by atoms with Crippen molar-refractivity contribution in [2.45, 2.75) is 30.1 Å². The number of hydrogen-bond acceptors (Lipinski definition) is 5. The molecule has 0 bridgehead atoms. The van der Waals surface area contributed by atoms with Crippen LogP contribution in [0.25, 0.3) is 0 Å². The van der Waals surface area contributed by atoms with Crippen LogP contribution in [0.5, 0.6) is 5.75 Å². The van der Waals surface area contributed by atoms with Gasteiger partial charge >= 0.3 is 0 Å². The second-order valence-corrected chi connectivity index (χ2v) is 9.24. The predicted molar refractivity (Wildman–Crippen MR) is 118 cm³/mol. The van der Waals surface area contributed by atoms with Crippen molar-refractivity contribution >= 4 is 21.6 Å². The molecule has 3 aromatic rings. The third-order valence-corrected chi connectivity index (χ3v) is 7.34. The van der Waals surface area contributed by atoms with Crippen LogP contribution in [-0.2, 0) is 14.8 Å². The lowest BCUT2D eigenvalue weighted by atomic mass is 9.82. The summed E-state index contributed by atoms with van der Waals surface area (Å²) in [6.45, 7) is 5.84. The summed E-state index contributed by atoms with van der Waals surface area (Å²) < 4.78 is 39.3. The number of sulfonamides is 1. The standard InChI is InChI=1S/C24H23NO5S/c1-4-18-19(21-9-6-14-30-21)15-23(26)25(20-7-5-8-22(29-3)24(18)20)31(27,28)17-12-10-16(2)11-13-17/h4-14,18-19H,1,15H2,2-3H3/t18?,19-/m0/s1. The Morgan fingerprint density at radius 1 is 1.13 bits per heavy atom. The van der Waals surface area contributed by atoms with Gasteiger partial charge in [-0.25, -0.2) is 12.7 Å². The van der Waals surface area contributed by atoms with Crippen molar-refractivity contribution in [1.82, 2.24) is 0 Å². The Kier molecular flexibility index (Phi) is 5.45. The van der Waals surface area contributed by atoms with Crippen molar-refractivity contribution in [3.8, 4) is 5.75 Å². The molecule has 2 atom stereocenters. The Balaban J connectivity index is 1.97. The molecule has 31 heavy (non-hydrogen) atoms. The number of carbonyl (C=O) groups excluding carboxylic acids is 1. The molecule has 2 heterocycles. The molecule has 0 spiro atoms. The molecule has 1 unspecified atom stereocenters. The van der Waals surface area contributed by atoms with E-state index in [1.807, 2.05) is 6.92 Å². The number of fused-ring (bicyclic) bond motifs is 1. The topological polar surface area (TPSA) is 76.8 Å². The quantitative estimate of drug-likeness (QED) is 0.537. The fourth-order valence-corrected chi connectivity index (χ4v) is 5.55. The zero-order valence-corrected chi connectivity index (χ0v) is 18.1. The van der Waals surface area contributed by atoms with Gasteiger partial charge in [-0.05, 0) is 43.3 Å². The van der Waals surface area contributed by atoms with Gasteiger partial charge in [0.05, 0.1) is 24.0 Å². The Morgan fingerprint density at radius 2 is 1.87 bits per heavy atom. The number of furan rings is 1. The summed E-state index contributed by atoms with van der Waals surface area (Å²) in [6.07, 6.45) is 3.19. The van der Waals surface area contributed by atoms with Gasteiger partial charge < -0.3 is 9.15 Å². The number of rotatable bonds is 5. The van der Waals surface area contributed by atoms with Crippen LogP contribution in [0.4, 0.5) is 5.69 Å². The maximum absolute atomic E-state index is 13.6. The molecule has 1 aliphatic heterocycles. The molecule has 0 aliphatic carbocycles. The summed E-state index contributed by atoms with van der Waals surface area (Å²) >= 11 is 0. The number of ether oxygens (including phenoxy) is 1. The molecule has 0 radical (unpaired) electrons. The van der Waals surface area contributed by atoms with Gasteiger partial charge in [0.15, 0.2) is 0 Å². The lowest BCUT2D eigenvalue weighted by Gasteiger charge is -2.25. The average Bonchev–Trinajstić information content (AvgIpc) is 3.25. The minimum atomic E-state index is -4.15. The minimum absolute atomic E-state index is 0.0480. The van der Waals surface area contributed by atoms with Gasteiger partial charge in [-0.2, -0.15) is 0 Å². The Bertz CT molecular complexity index is 1210.